The van der Waals surface area contributed by atoms with Gasteiger partial charge in [-0.1, -0.05) is 42.1 Å². The number of carbonyl (C=O) groups excluding carboxylic acids is 1. The summed E-state index contributed by atoms with van der Waals surface area (Å²) in [5.74, 6) is -0.629. The number of alkyl halides is 6. The molecule has 0 saturated carbocycles. The lowest BCUT2D eigenvalue weighted by Crippen LogP contribution is -2.13. The first-order valence-electron chi connectivity index (χ1n) is 7.54. The van der Waals surface area contributed by atoms with Crippen LogP contribution in [0.4, 0.5) is 26.3 Å². The van der Waals surface area contributed by atoms with Gasteiger partial charge in [0.1, 0.15) is 0 Å². The summed E-state index contributed by atoms with van der Waals surface area (Å²) < 4.78 is 78.3. The van der Waals surface area contributed by atoms with Gasteiger partial charge in [0.05, 0.1) is 27.0 Å². The molecule has 0 radical (unpaired) electrons. The van der Waals surface area contributed by atoms with Crippen LogP contribution in [0.3, 0.4) is 0 Å². The number of ketones is 1. The molecule has 0 fully saturated rings. The van der Waals surface area contributed by atoms with Gasteiger partial charge in [-0.25, -0.2) is 0 Å². The zero-order valence-corrected chi connectivity index (χ0v) is 14.2. The third-order valence-corrected chi connectivity index (χ3v) is 5.13. The summed E-state index contributed by atoms with van der Waals surface area (Å²) in [6.07, 6.45) is -10.0. The summed E-state index contributed by atoms with van der Waals surface area (Å²) in [6.45, 7) is 0. The van der Waals surface area contributed by atoms with Gasteiger partial charge in [-0.3, -0.25) is 4.79 Å². The number of thioether (sulfide) groups is 1. The number of hydrogen-bond donors (Lipinski definition) is 1. The van der Waals surface area contributed by atoms with Gasteiger partial charge in [0.2, 0.25) is 0 Å². The molecule has 0 amide bonds. The van der Waals surface area contributed by atoms with Crippen molar-refractivity contribution in [2.24, 2.45) is 5.73 Å². The Kier molecular flexibility index (Phi) is 4.75. The summed E-state index contributed by atoms with van der Waals surface area (Å²) >= 11 is 0.902. The van der Waals surface area contributed by atoms with E-state index >= 15 is 0 Å². The Morgan fingerprint density at radius 1 is 0.852 bits per heavy atom. The maximum absolute atomic E-state index is 13.1. The summed E-state index contributed by atoms with van der Waals surface area (Å²) in [5.41, 5.74) is 2.56. The maximum atomic E-state index is 13.1. The lowest BCUT2D eigenvalue weighted by Gasteiger charge is -2.15. The Hall–Kier alpha value is -2.42. The summed E-state index contributed by atoms with van der Waals surface area (Å²) in [5, 5.41) is -0.925. The number of carbonyl (C=O) groups is 1. The van der Waals surface area contributed by atoms with Crippen LogP contribution in [0, 0.1) is 0 Å². The first-order chi connectivity index (χ1) is 12.5. The van der Waals surface area contributed by atoms with Crippen LogP contribution >= 0.6 is 11.8 Å². The molecule has 0 aromatic heterocycles. The van der Waals surface area contributed by atoms with Crippen molar-refractivity contribution in [1.82, 2.24) is 0 Å². The van der Waals surface area contributed by atoms with E-state index < -0.39 is 40.1 Å². The smallest absolute Gasteiger partial charge is 0.393 e. The first-order valence-corrected chi connectivity index (χ1v) is 8.42. The van der Waals surface area contributed by atoms with Crippen molar-refractivity contribution in [3.63, 3.8) is 0 Å². The van der Waals surface area contributed by atoms with Crippen LogP contribution < -0.4 is 5.73 Å². The molecule has 0 aliphatic carbocycles. The molecule has 9 heteroatoms. The highest BCUT2D eigenvalue weighted by Gasteiger charge is 2.40. The van der Waals surface area contributed by atoms with Crippen LogP contribution in [0.25, 0.3) is 5.57 Å². The molecule has 3 rings (SSSR count). The second-order valence-electron chi connectivity index (χ2n) is 5.81. The second-order valence-corrected chi connectivity index (χ2v) is 6.95. The summed E-state index contributed by atoms with van der Waals surface area (Å²) in [7, 11) is 0. The molecule has 0 bridgehead atoms. The van der Waals surface area contributed by atoms with E-state index in [0.29, 0.717) is 17.7 Å². The van der Waals surface area contributed by atoms with Gasteiger partial charge in [0.25, 0.3) is 0 Å². The standard InChI is InChI=1S/C18H11F6NOS/c19-17(20,21)11-6-10(7-12(8-11)18(22,23)24)13-14(26)15(27-16(13)25)9-4-2-1-3-5-9/h1-8,15H,25H2. The summed E-state index contributed by atoms with van der Waals surface area (Å²) in [4.78, 5) is 12.7. The van der Waals surface area contributed by atoms with Gasteiger partial charge in [0.15, 0.2) is 5.78 Å². The largest absolute Gasteiger partial charge is 0.416 e. The molecule has 142 valence electrons. The highest BCUT2D eigenvalue weighted by Crippen LogP contribution is 2.47. The van der Waals surface area contributed by atoms with Crippen molar-refractivity contribution in [1.29, 1.82) is 0 Å². The molecule has 2 aromatic carbocycles. The highest BCUT2D eigenvalue weighted by molar-refractivity contribution is 8.04. The van der Waals surface area contributed by atoms with E-state index in [1.807, 2.05) is 0 Å². The average molecular weight is 403 g/mol. The molecule has 2 nitrogen and oxygen atoms in total. The Balaban J connectivity index is 2.10. The molecule has 1 unspecified atom stereocenters. The summed E-state index contributed by atoms with van der Waals surface area (Å²) in [6, 6.07) is 9.38. The van der Waals surface area contributed by atoms with Crippen molar-refractivity contribution in [3.8, 4) is 0 Å². The lowest BCUT2D eigenvalue weighted by molar-refractivity contribution is -0.143. The SMILES string of the molecule is NC1=C(c2cc(C(F)(F)F)cc(C(F)(F)F)c2)C(=O)C(c2ccccc2)S1. The van der Waals surface area contributed by atoms with Crippen LogP contribution in [-0.4, -0.2) is 5.78 Å². The van der Waals surface area contributed by atoms with E-state index in [-0.39, 0.29) is 16.7 Å². The Morgan fingerprint density at radius 2 is 1.37 bits per heavy atom. The number of benzene rings is 2. The highest BCUT2D eigenvalue weighted by atomic mass is 32.2. The van der Waals surface area contributed by atoms with Gasteiger partial charge in [-0.05, 0) is 29.3 Å². The van der Waals surface area contributed by atoms with Crippen LogP contribution in [0.15, 0.2) is 53.6 Å². The monoisotopic (exact) mass is 403 g/mol. The average Bonchev–Trinajstić information content (AvgIpc) is 2.88. The van der Waals surface area contributed by atoms with E-state index in [2.05, 4.69) is 0 Å². The third kappa shape index (κ3) is 3.83. The zero-order valence-electron chi connectivity index (χ0n) is 13.4. The number of allylic oxidation sites excluding steroid dienone is 1. The van der Waals surface area contributed by atoms with E-state index in [9.17, 15) is 31.1 Å². The van der Waals surface area contributed by atoms with E-state index in [1.54, 1.807) is 30.3 Å². The fraction of sp³-hybridized carbons (Fsp3) is 0.167. The van der Waals surface area contributed by atoms with Gasteiger partial charge < -0.3 is 5.73 Å². The fourth-order valence-corrected chi connectivity index (χ4v) is 3.83. The number of rotatable bonds is 2. The van der Waals surface area contributed by atoms with E-state index in [4.69, 9.17) is 5.73 Å². The van der Waals surface area contributed by atoms with Crippen LogP contribution in [0.5, 0.6) is 0 Å². The molecule has 0 spiro atoms. The number of hydrogen-bond acceptors (Lipinski definition) is 3. The van der Waals surface area contributed by atoms with Gasteiger partial charge in [-0.15, -0.1) is 0 Å². The maximum Gasteiger partial charge on any atom is 0.416 e. The zero-order chi connectivity index (χ0) is 20.0. The fourth-order valence-electron chi connectivity index (χ4n) is 2.72. The van der Waals surface area contributed by atoms with Crippen molar-refractivity contribution < 1.29 is 31.1 Å². The predicted octanol–water partition coefficient (Wildman–Crippen LogP) is 5.41. The van der Waals surface area contributed by atoms with Crippen LogP contribution in [0.2, 0.25) is 0 Å². The second kappa shape index (κ2) is 6.63. The third-order valence-electron chi connectivity index (χ3n) is 3.95. The first kappa shape index (κ1) is 19.3. The van der Waals surface area contributed by atoms with Crippen LogP contribution in [0.1, 0.15) is 27.5 Å². The molecule has 1 aliphatic rings. The van der Waals surface area contributed by atoms with Gasteiger partial charge >= 0.3 is 12.4 Å². The minimum absolute atomic E-state index is 0.0154. The van der Waals surface area contributed by atoms with Crippen LogP contribution in [-0.2, 0) is 17.1 Å². The quantitative estimate of drug-likeness (QED) is 0.682. The van der Waals surface area contributed by atoms with E-state index in [1.165, 1.54) is 0 Å². The molecule has 1 atom stereocenters. The topological polar surface area (TPSA) is 43.1 Å². The normalized spacial score (nSPS) is 18.3. The number of Topliss-reactive ketones (excluding diaryl/α,β-unsaturated/α-hetero) is 1. The molecule has 27 heavy (non-hydrogen) atoms. The molecular weight excluding hydrogens is 392 g/mol. The molecule has 1 heterocycles. The van der Waals surface area contributed by atoms with Crippen molar-refractivity contribution in [3.05, 3.63) is 75.8 Å². The van der Waals surface area contributed by atoms with Gasteiger partial charge in [-0.2, -0.15) is 26.3 Å². The predicted molar refractivity (Wildman–Crippen MR) is 89.3 cm³/mol. The number of nitrogens with two attached hydrogens (primary N) is 1. The van der Waals surface area contributed by atoms with Crippen molar-refractivity contribution in [2.45, 2.75) is 17.6 Å². The molecule has 1 aliphatic heterocycles. The lowest BCUT2D eigenvalue weighted by atomic mass is 9.94. The minimum Gasteiger partial charge on any atom is -0.393 e. The molecular formula is C18H11F6NOS. The minimum atomic E-state index is -5.00. The Bertz CT molecular complexity index is 885. The van der Waals surface area contributed by atoms with E-state index in [0.717, 1.165) is 11.8 Å². The molecule has 2 N–H and O–H groups in total. The van der Waals surface area contributed by atoms with Gasteiger partial charge in [0, 0.05) is 0 Å². The Morgan fingerprint density at radius 3 is 1.85 bits per heavy atom. The number of halogens is 6. The molecule has 0 saturated heterocycles. The molecule has 2 aromatic rings. The Labute approximate surface area is 154 Å². The van der Waals surface area contributed by atoms with Crippen molar-refractivity contribution >= 4 is 23.1 Å². The van der Waals surface area contributed by atoms with Crippen molar-refractivity contribution in [2.75, 3.05) is 0 Å².